The second-order valence-electron chi connectivity index (χ2n) is 5.46. The van der Waals surface area contributed by atoms with Crippen LogP contribution in [0.2, 0.25) is 0 Å². The van der Waals surface area contributed by atoms with Crippen LogP contribution in [0, 0.1) is 0 Å². The number of halogens is 2. The van der Waals surface area contributed by atoms with Gasteiger partial charge in [-0.25, -0.2) is 0 Å². The topological polar surface area (TPSA) is 12.5 Å². The molecule has 0 aromatic heterocycles. The van der Waals surface area contributed by atoms with E-state index in [1.807, 2.05) is 36.4 Å². The highest BCUT2D eigenvalue weighted by atomic mass is 35.5. The summed E-state index contributed by atoms with van der Waals surface area (Å²) in [6.45, 7) is 5.74. The monoisotopic (exact) mass is 339 g/mol. The van der Waals surface area contributed by atoms with Crippen LogP contribution in [-0.4, -0.2) is 23.0 Å². The van der Waals surface area contributed by atoms with Crippen molar-refractivity contribution in [2.75, 3.05) is 12.4 Å². The Morgan fingerprint density at radius 2 is 1.50 bits per heavy atom. The van der Waals surface area contributed by atoms with Crippen molar-refractivity contribution >= 4 is 24.0 Å². The van der Waals surface area contributed by atoms with Gasteiger partial charge in [-0.05, 0) is 31.5 Å². The van der Waals surface area contributed by atoms with E-state index >= 15 is 0 Å². The zero-order chi connectivity index (χ0) is 15.1. The maximum absolute atomic E-state index is 6.16. The minimum atomic E-state index is -0.425. The SMILES string of the molecule is CC(C)(Oc1ccccc1)N(CCCl)Cc1ccccc1.Cl. The van der Waals surface area contributed by atoms with E-state index in [0.29, 0.717) is 5.88 Å². The molecule has 0 aliphatic carbocycles. The number of hydrogen-bond donors (Lipinski definition) is 0. The van der Waals surface area contributed by atoms with Crippen molar-refractivity contribution in [3.63, 3.8) is 0 Å². The summed E-state index contributed by atoms with van der Waals surface area (Å²) in [6, 6.07) is 20.3. The summed E-state index contributed by atoms with van der Waals surface area (Å²) in [6.07, 6.45) is 0. The summed E-state index contributed by atoms with van der Waals surface area (Å²) in [5, 5.41) is 0. The fourth-order valence-corrected chi connectivity index (χ4v) is 2.49. The van der Waals surface area contributed by atoms with Crippen LogP contribution in [0.1, 0.15) is 19.4 Å². The molecular formula is C18H23Cl2NO. The number of benzene rings is 2. The molecule has 0 N–H and O–H groups in total. The predicted molar refractivity (Wildman–Crippen MR) is 96.0 cm³/mol. The van der Waals surface area contributed by atoms with E-state index in [9.17, 15) is 0 Å². The van der Waals surface area contributed by atoms with Crippen LogP contribution in [0.25, 0.3) is 0 Å². The lowest BCUT2D eigenvalue weighted by Gasteiger charge is -2.38. The first-order valence-corrected chi connectivity index (χ1v) is 7.74. The van der Waals surface area contributed by atoms with E-state index in [2.05, 4.69) is 43.0 Å². The number of hydrogen-bond acceptors (Lipinski definition) is 2. The summed E-state index contributed by atoms with van der Waals surface area (Å²) in [5.74, 6) is 1.45. The van der Waals surface area contributed by atoms with Crippen LogP contribution in [0.3, 0.4) is 0 Å². The molecule has 0 spiro atoms. The number of para-hydroxylation sites is 1. The zero-order valence-corrected chi connectivity index (χ0v) is 14.6. The quantitative estimate of drug-likeness (QED) is 0.521. The standard InChI is InChI=1S/C18H22ClNO.ClH/c1-18(2,21-17-11-7-4-8-12-17)20(14-13-19)15-16-9-5-3-6-10-16;/h3-12H,13-15H2,1-2H3;1H. The Hall–Kier alpha value is -1.22. The smallest absolute Gasteiger partial charge is 0.158 e. The first kappa shape index (κ1) is 18.8. The third-order valence-electron chi connectivity index (χ3n) is 3.44. The van der Waals surface area contributed by atoms with Crippen LogP contribution >= 0.6 is 24.0 Å². The van der Waals surface area contributed by atoms with Gasteiger partial charge >= 0.3 is 0 Å². The van der Waals surface area contributed by atoms with E-state index in [-0.39, 0.29) is 12.4 Å². The predicted octanol–water partition coefficient (Wildman–Crippen LogP) is 4.96. The number of alkyl halides is 1. The molecule has 2 aromatic carbocycles. The minimum absolute atomic E-state index is 0. The Labute approximate surface area is 144 Å². The lowest BCUT2D eigenvalue weighted by molar-refractivity contribution is -0.0578. The second kappa shape index (κ2) is 9.04. The largest absolute Gasteiger partial charge is 0.473 e. The number of rotatable bonds is 7. The average Bonchev–Trinajstić information content (AvgIpc) is 2.48. The molecule has 2 rings (SSSR count). The van der Waals surface area contributed by atoms with Crippen molar-refractivity contribution in [2.45, 2.75) is 26.1 Å². The normalized spacial score (nSPS) is 11.1. The maximum atomic E-state index is 6.16. The zero-order valence-electron chi connectivity index (χ0n) is 13.0. The van der Waals surface area contributed by atoms with Gasteiger partial charge < -0.3 is 4.74 Å². The molecule has 0 aliphatic heterocycles. The van der Waals surface area contributed by atoms with Crippen molar-refractivity contribution in [1.82, 2.24) is 4.90 Å². The lowest BCUT2D eigenvalue weighted by atomic mass is 10.1. The molecule has 0 atom stereocenters. The van der Waals surface area contributed by atoms with Crippen molar-refractivity contribution < 1.29 is 4.74 Å². The van der Waals surface area contributed by atoms with Gasteiger partial charge in [0, 0.05) is 19.0 Å². The van der Waals surface area contributed by atoms with E-state index in [0.717, 1.165) is 18.8 Å². The van der Waals surface area contributed by atoms with Crippen molar-refractivity contribution in [3.8, 4) is 5.75 Å². The molecule has 120 valence electrons. The molecule has 22 heavy (non-hydrogen) atoms. The molecule has 0 fully saturated rings. The van der Waals surface area contributed by atoms with Gasteiger partial charge in [-0.2, -0.15) is 0 Å². The first-order chi connectivity index (χ1) is 10.1. The molecule has 0 bridgehead atoms. The summed E-state index contributed by atoms with van der Waals surface area (Å²) in [7, 11) is 0. The van der Waals surface area contributed by atoms with Gasteiger partial charge in [-0.3, -0.25) is 4.90 Å². The molecule has 0 saturated carbocycles. The molecule has 0 radical (unpaired) electrons. The van der Waals surface area contributed by atoms with Crippen molar-refractivity contribution in [3.05, 3.63) is 66.2 Å². The van der Waals surface area contributed by atoms with Gasteiger partial charge in [-0.1, -0.05) is 48.5 Å². The molecule has 2 aromatic rings. The van der Waals surface area contributed by atoms with Gasteiger partial charge in [-0.15, -0.1) is 24.0 Å². The Balaban J connectivity index is 0.00000242. The van der Waals surface area contributed by atoms with Crippen molar-refractivity contribution in [2.24, 2.45) is 0 Å². The first-order valence-electron chi connectivity index (χ1n) is 7.21. The second-order valence-corrected chi connectivity index (χ2v) is 5.84. The molecule has 0 heterocycles. The van der Waals surface area contributed by atoms with E-state index in [1.165, 1.54) is 5.56 Å². The molecule has 2 nitrogen and oxygen atoms in total. The molecular weight excluding hydrogens is 317 g/mol. The summed E-state index contributed by atoms with van der Waals surface area (Å²) < 4.78 is 6.16. The van der Waals surface area contributed by atoms with Gasteiger partial charge in [0.05, 0.1) is 0 Å². The fraction of sp³-hybridized carbons (Fsp3) is 0.333. The third kappa shape index (κ3) is 5.53. The minimum Gasteiger partial charge on any atom is -0.473 e. The Bertz CT molecular complexity index is 531. The van der Waals surface area contributed by atoms with Gasteiger partial charge in [0.25, 0.3) is 0 Å². The van der Waals surface area contributed by atoms with Gasteiger partial charge in [0.15, 0.2) is 5.72 Å². The highest BCUT2D eigenvalue weighted by molar-refractivity contribution is 6.18. The van der Waals surface area contributed by atoms with E-state index in [4.69, 9.17) is 16.3 Å². The molecule has 4 heteroatoms. The van der Waals surface area contributed by atoms with Crippen LogP contribution in [0.4, 0.5) is 0 Å². The molecule has 0 amide bonds. The van der Waals surface area contributed by atoms with Crippen LogP contribution in [-0.2, 0) is 6.54 Å². The van der Waals surface area contributed by atoms with E-state index in [1.54, 1.807) is 0 Å². The van der Waals surface area contributed by atoms with Gasteiger partial charge in [0.2, 0.25) is 0 Å². The fourth-order valence-electron chi connectivity index (χ4n) is 2.29. The molecule has 0 unspecified atom stereocenters. The highest BCUT2D eigenvalue weighted by Gasteiger charge is 2.28. The highest BCUT2D eigenvalue weighted by Crippen LogP contribution is 2.23. The van der Waals surface area contributed by atoms with Crippen molar-refractivity contribution in [1.29, 1.82) is 0 Å². The maximum Gasteiger partial charge on any atom is 0.158 e. The lowest BCUT2D eigenvalue weighted by Crippen LogP contribution is -2.48. The Kier molecular flexibility index (Phi) is 7.74. The van der Waals surface area contributed by atoms with E-state index < -0.39 is 5.72 Å². The van der Waals surface area contributed by atoms with Gasteiger partial charge in [0.1, 0.15) is 5.75 Å². The average molecular weight is 340 g/mol. The Morgan fingerprint density at radius 3 is 2.05 bits per heavy atom. The van der Waals surface area contributed by atoms with Crippen LogP contribution in [0.15, 0.2) is 60.7 Å². The summed E-state index contributed by atoms with van der Waals surface area (Å²) in [4.78, 5) is 2.25. The van der Waals surface area contributed by atoms with Crippen LogP contribution in [0.5, 0.6) is 5.75 Å². The summed E-state index contributed by atoms with van der Waals surface area (Å²) >= 11 is 5.97. The summed E-state index contributed by atoms with van der Waals surface area (Å²) in [5.41, 5.74) is 0.832. The molecule has 0 saturated heterocycles. The Morgan fingerprint density at radius 1 is 0.955 bits per heavy atom. The number of ether oxygens (including phenoxy) is 1. The third-order valence-corrected chi connectivity index (χ3v) is 3.61. The molecule has 0 aliphatic rings. The van der Waals surface area contributed by atoms with Crippen LogP contribution < -0.4 is 4.74 Å². The number of nitrogens with zero attached hydrogens (tertiary/aromatic N) is 1.